The Balaban J connectivity index is 5.36. The summed E-state index contributed by atoms with van der Waals surface area (Å²) in [6.45, 7) is 10.5. The number of carboxylic acid groups (broad SMARTS) is 1. The van der Waals surface area contributed by atoms with Gasteiger partial charge in [-0.25, -0.2) is 4.79 Å². The van der Waals surface area contributed by atoms with Crippen molar-refractivity contribution in [2.75, 3.05) is 0 Å². The highest BCUT2D eigenvalue weighted by atomic mass is 16.5. The van der Waals surface area contributed by atoms with E-state index in [1.54, 1.807) is 12.2 Å². The summed E-state index contributed by atoms with van der Waals surface area (Å²) in [7, 11) is 0. The number of carboxylic acids is 1. The minimum atomic E-state index is -1.51. The molecular weight excluding hydrogens is 350 g/mol. The van der Waals surface area contributed by atoms with E-state index in [9.17, 15) is 19.2 Å². The number of rotatable bonds is 15. The molecule has 2 amide bonds. The van der Waals surface area contributed by atoms with Gasteiger partial charge in [-0.15, -0.1) is 13.2 Å². The first-order valence-electron chi connectivity index (χ1n) is 8.98. The lowest BCUT2D eigenvalue weighted by atomic mass is 10.1. The van der Waals surface area contributed by atoms with Crippen molar-refractivity contribution in [1.29, 1.82) is 0 Å². The largest absolute Gasteiger partial charge is 0.481 e. The molecule has 0 aromatic carbocycles. The van der Waals surface area contributed by atoms with Gasteiger partial charge in [-0.2, -0.15) is 0 Å². The Bertz CT molecular complexity index is 527. The monoisotopic (exact) mass is 379 g/mol. The molecule has 0 rings (SSSR count). The second-order valence-electron chi connectivity index (χ2n) is 5.94. The summed E-state index contributed by atoms with van der Waals surface area (Å²) < 4.78 is 4.66. The number of carbonyl (C=O) groups excluding carboxylic acids is 3. The molecule has 0 saturated carbocycles. The number of nitrogens with zero attached hydrogens (tertiary/aromatic N) is 1. The molecular formula is C20H29NO6. The number of hydrogen-bond acceptors (Lipinski definition) is 5. The van der Waals surface area contributed by atoms with Gasteiger partial charge in [0.15, 0.2) is 0 Å². The third kappa shape index (κ3) is 10.1. The van der Waals surface area contributed by atoms with Crippen LogP contribution < -0.4 is 0 Å². The maximum Gasteiger partial charge on any atom is 0.334 e. The Morgan fingerprint density at radius 3 is 1.74 bits per heavy atom. The van der Waals surface area contributed by atoms with Crippen LogP contribution in [0.5, 0.6) is 0 Å². The van der Waals surface area contributed by atoms with Crippen LogP contribution in [-0.2, 0) is 23.9 Å². The van der Waals surface area contributed by atoms with E-state index in [2.05, 4.69) is 24.5 Å². The number of carbonyl (C=O) groups is 4. The van der Waals surface area contributed by atoms with Crippen molar-refractivity contribution >= 4 is 23.8 Å². The third-order valence-corrected chi connectivity index (χ3v) is 3.79. The Labute approximate surface area is 160 Å². The standard InChI is InChI=1S/C20H29NO6/c1-4-7-9-11-13-17(22)21(18(23)14-12-10-8-5-2)16(15-19(24)25)20(26)27-6-3/h4-6,16H,1-3,7-15H2,(H,24,25). The van der Waals surface area contributed by atoms with Crippen molar-refractivity contribution in [3.05, 3.63) is 38.2 Å². The lowest BCUT2D eigenvalue weighted by Gasteiger charge is -2.27. The summed E-state index contributed by atoms with van der Waals surface area (Å²) in [5, 5.41) is 9.10. The van der Waals surface area contributed by atoms with Crippen molar-refractivity contribution < 1.29 is 29.0 Å². The Hall–Kier alpha value is -2.70. The predicted molar refractivity (Wildman–Crippen MR) is 102 cm³/mol. The minimum Gasteiger partial charge on any atom is -0.481 e. The summed E-state index contributed by atoms with van der Waals surface area (Å²) >= 11 is 0. The van der Waals surface area contributed by atoms with E-state index in [-0.39, 0.29) is 12.8 Å². The molecule has 7 heteroatoms. The molecule has 1 atom stereocenters. The van der Waals surface area contributed by atoms with E-state index < -0.39 is 36.2 Å². The number of unbranched alkanes of at least 4 members (excludes halogenated alkanes) is 4. The third-order valence-electron chi connectivity index (χ3n) is 3.79. The van der Waals surface area contributed by atoms with Crippen LogP contribution in [-0.4, -0.2) is 39.8 Å². The molecule has 0 aliphatic heterocycles. The van der Waals surface area contributed by atoms with Crippen molar-refractivity contribution in [3.63, 3.8) is 0 Å². The average Bonchev–Trinajstić information content (AvgIpc) is 2.61. The number of amides is 2. The van der Waals surface area contributed by atoms with Gasteiger partial charge >= 0.3 is 11.9 Å². The molecule has 0 heterocycles. The first-order valence-corrected chi connectivity index (χ1v) is 8.98. The minimum absolute atomic E-state index is 0.0315. The van der Waals surface area contributed by atoms with Crippen molar-refractivity contribution in [2.24, 2.45) is 0 Å². The molecule has 0 bridgehead atoms. The van der Waals surface area contributed by atoms with E-state index >= 15 is 0 Å². The highest BCUT2D eigenvalue weighted by Crippen LogP contribution is 2.16. The van der Waals surface area contributed by atoms with Crippen LogP contribution in [0.4, 0.5) is 0 Å². The first-order chi connectivity index (χ1) is 12.9. The van der Waals surface area contributed by atoms with E-state index in [0.29, 0.717) is 25.7 Å². The summed E-state index contributed by atoms with van der Waals surface area (Å²) in [4.78, 5) is 49.3. The Kier molecular flexibility index (Phi) is 13.0. The molecule has 0 aromatic heterocycles. The number of aliphatic carboxylic acids is 1. The van der Waals surface area contributed by atoms with E-state index in [0.717, 1.165) is 24.0 Å². The Morgan fingerprint density at radius 2 is 1.37 bits per heavy atom. The molecule has 1 unspecified atom stereocenters. The molecule has 27 heavy (non-hydrogen) atoms. The summed E-state index contributed by atoms with van der Waals surface area (Å²) in [6.07, 6.45) is 7.50. The van der Waals surface area contributed by atoms with E-state index in [4.69, 9.17) is 5.11 Å². The number of imide groups is 1. The molecule has 0 spiro atoms. The summed E-state index contributed by atoms with van der Waals surface area (Å²) in [5.41, 5.74) is 0. The van der Waals surface area contributed by atoms with Crippen molar-refractivity contribution in [3.8, 4) is 0 Å². The second-order valence-corrected chi connectivity index (χ2v) is 5.94. The number of esters is 1. The maximum atomic E-state index is 12.6. The first kappa shape index (κ1) is 24.3. The van der Waals surface area contributed by atoms with Gasteiger partial charge in [-0.3, -0.25) is 19.3 Å². The number of ether oxygens (including phenoxy) is 1. The smallest absolute Gasteiger partial charge is 0.334 e. The second kappa shape index (κ2) is 14.5. The van der Waals surface area contributed by atoms with Gasteiger partial charge in [-0.1, -0.05) is 18.7 Å². The maximum absolute atomic E-state index is 12.6. The molecule has 0 saturated heterocycles. The van der Waals surface area contributed by atoms with Gasteiger partial charge < -0.3 is 9.84 Å². The van der Waals surface area contributed by atoms with Crippen molar-refractivity contribution in [1.82, 2.24) is 4.90 Å². The van der Waals surface area contributed by atoms with Gasteiger partial charge in [0, 0.05) is 12.8 Å². The van der Waals surface area contributed by atoms with E-state index in [1.807, 2.05) is 0 Å². The normalized spacial score (nSPS) is 11.1. The van der Waals surface area contributed by atoms with Crippen molar-refractivity contribution in [2.45, 2.75) is 63.8 Å². The van der Waals surface area contributed by atoms with Gasteiger partial charge in [0.05, 0.1) is 12.7 Å². The SMILES string of the molecule is C=CCCCCC(=O)N(C(=O)CCCCC=C)C(CC(=O)O)C(=O)OC=C. The zero-order valence-electron chi connectivity index (χ0n) is 15.7. The van der Waals surface area contributed by atoms with Crippen LogP contribution in [0.15, 0.2) is 38.2 Å². The highest BCUT2D eigenvalue weighted by molar-refractivity contribution is 6.00. The molecule has 0 fully saturated rings. The predicted octanol–water partition coefficient (Wildman–Crippen LogP) is 3.36. The average molecular weight is 379 g/mol. The number of allylic oxidation sites excluding steroid dienone is 2. The van der Waals surface area contributed by atoms with Crippen LogP contribution in [0.25, 0.3) is 0 Å². The van der Waals surface area contributed by atoms with Gasteiger partial charge in [-0.05, 0) is 38.5 Å². The quantitative estimate of drug-likeness (QED) is 0.203. The molecule has 0 aromatic rings. The zero-order valence-corrected chi connectivity index (χ0v) is 15.7. The van der Waals surface area contributed by atoms with Crippen LogP contribution in [0, 0.1) is 0 Å². The van der Waals surface area contributed by atoms with E-state index in [1.165, 1.54) is 0 Å². The molecule has 0 aliphatic carbocycles. The van der Waals surface area contributed by atoms with Gasteiger partial charge in [0.2, 0.25) is 11.8 Å². The fourth-order valence-corrected chi connectivity index (χ4v) is 2.46. The molecule has 150 valence electrons. The topological polar surface area (TPSA) is 101 Å². The lowest BCUT2D eigenvalue weighted by Crippen LogP contribution is -2.50. The van der Waals surface area contributed by atoms with Gasteiger partial charge in [0.1, 0.15) is 6.04 Å². The Morgan fingerprint density at radius 1 is 0.889 bits per heavy atom. The molecule has 0 aliphatic rings. The van der Waals surface area contributed by atoms with Crippen LogP contribution in [0.3, 0.4) is 0 Å². The molecule has 0 radical (unpaired) electrons. The lowest BCUT2D eigenvalue weighted by molar-refractivity contribution is -0.161. The van der Waals surface area contributed by atoms with Crippen LogP contribution >= 0.6 is 0 Å². The molecule has 1 N–H and O–H groups in total. The number of hydrogen-bond donors (Lipinski definition) is 1. The summed E-state index contributed by atoms with van der Waals surface area (Å²) in [6, 6.07) is -1.51. The fraction of sp³-hybridized carbons (Fsp3) is 0.500. The van der Waals surface area contributed by atoms with Gasteiger partial charge in [0.25, 0.3) is 0 Å². The zero-order chi connectivity index (χ0) is 20.7. The molecule has 7 nitrogen and oxygen atoms in total. The summed E-state index contributed by atoms with van der Waals surface area (Å²) in [5.74, 6) is -3.48. The van der Waals surface area contributed by atoms with Crippen LogP contribution in [0.2, 0.25) is 0 Å². The highest BCUT2D eigenvalue weighted by Gasteiger charge is 2.36. The fourth-order valence-electron chi connectivity index (χ4n) is 2.46. The van der Waals surface area contributed by atoms with Crippen LogP contribution in [0.1, 0.15) is 57.8 Å².